The number of nitrogens with one attached hydrogen (secondary N) is 3. The van der Waals surface area contributed by atoms with Crippen LogP contribution in [-0.4, -0.2) is 31.1 Å². The van der Waals surface area contributed by atoms with Crippen LogP contribution >= 0.6 is 0 Å². The molecule has 0 unspecified atom stereocenters. The van der Waals surface area contributed by atoms with Crippen molar-refractivity contribution in [1.82, 2.24) is 16.0 Å². The number of piperidine rings is 1. The molecule has 2 rings (SSSR count). The van der Waals surface area contributed by atoms with E-state index >= 15 is 0 Å². The lowest BCUT2D eigenvalue weighted by atomic mass is 9.91. The summed E-state index contributed by atoms with van der Waals surface area (Å²) in [6.07, 6.45) is 0.837. The van der Waals surface area contributed by atoms with Gasteiger partial charge in [0, 0.05) is 12.6 Å². The largest absolute Gasteiger partial charge is 0.334 e. The number of carbonyl (C=O) groups is 2. The second-order valence-electron chi connectivity index (χ2n) is 3.17. The summed E-state index contributed by atoms with van der Waals surface area (Å²) in [7, 11) is 0. The van der Waals surface area contributed by atoms with Crippen molar-refractivity contribution in [2.24, 2.45) is 5.92 Å². The topological polar surface area (TPSA) is 70.2 Å². The predicted octanol–water partition coefficient (Wildman–Crippen LogP) is -1.20. The fourth-order valence-electron chi connectivity index (χ4n) is 1.72. The monoisotopic (exact) mass is 169 g/mol. The van der Waals surface area contributed by atoms with Crippen LogP contribution in [0.25, 0.3) is 0 Å². The lowest BCUT2D eigenvalue weighted by molar-refractivity contribution is -0.126. The molecule has 5 nitrogen and oxygen atoms in total. The zero-order valence-corrected chi connectivity index (χ0v) is 6.59. The summed E-state index contributed by atoms with van der Waals surface area (Å²) in [6.45, 7) is 1.53. The third kappa shape index (κ3) is 1.16. The molecule has 0 aromatic rings. The minimum absolute atomic E-state index is 0.0347. The van der Waals surface area contributed by atoms with Crippen molar-refractivity contribution in [3.63, 3.8) is 0 Å². The van der Waals surface area contributed by atoms with Gasteiger partial charge in [-0.2, -0.15) is 0 Å². The molecular formula is C7H11N3O2. The molecule has 0 aliphatic carbocycles. The van der Waals surface area contributed by atoms with Gasteiger partial charge in [-0.3, -0.25) is 10.1 Å². The van der Waals surface area contributed by atoms with E-state index in [9.17, 15) is 9.59 Å². The first kappa shape index (κ1) is 7.54. The summed E-state index contributed by atoms with van der Waals surface area (Å²) in [6, 6.07) is -0.323. The molecule has 2 saturated heterocycles. The van der Waals surface area contributed by atoms with Crippen molar-refractivity contribution < 1.29 is 9.59 Å². The van der Waals surface area contributed by atoms with E-state index in [1.807, 2.05) is 0 Å². The second kappa shape index (κ2) is 2.75. The number of carbonyl (C=O) groups excluding carboxylic acids is 2. The van der Waals surface area contributed by atoms with Crippen LogP contribution in [0, 0.1) is 5.92 Å². The van der Waals surface area contributed by atoms with E-state index in [4.69, 9.17) is 0 Å². The Morgan fingerprint density at radius 3 is 3.00 bits per heavy atom. The number of rotatable bonds is 0. The third-order valence-electron chi connectivity index (χ3n) is 2.37. The summed E-state index contributed by atoms with van der Waals surface area (Å²) in [5, 5.41) is 8.10. The molecule has 2 atom stereocenters. The van der Waals surface area contributed by atoms with Crippen molar-refractivity contribution in [3.05, 3.63) is 0 Å². The summed E-state index contributed by atoms with van der Waals surface area (Å²) >= 11 is 0. The first-order chi connectivity index (χ1) is 5.77. The highest BCUT2D eigenvalue weighted by Crippen LogP contribution is 2.14. The molecule has 0 bridgehead atoms. The van der Waals surface area contributed by atoms with Crippen molar-refractivity contribution in [1.29, 1.82) is 0 Å². The highest BCUT2D eigenvalue weighted by Gasteiger charge is 2.36. The van der Waals surface area contributed by atoms with E-state index in [-0.39, 0.29) is 23.9 Å². The Morgan fingerprint density at radius 2 is 2.17 bits per heavy atom. The number of imide groups is 1. The van der Waals surface area contributed by atoms with Crippen LogP contribution in [0.1, 0.15) is 6.42 Å². The van der Waals surface area contributed by atoms with Crippen molar-refractivity contribution in [3.8, 4) is 0 Å². The maximum Gasteiger partial charge on any atom is 0.321 e. The van der Waals surface area contributed by atoms with Crippen molar-refractivity contribution in [2.45, 2.75) is 12.5 Å². The smallest absolute Gasteiger partial charge is 0.321 e. The van der Waals surface area contributed by atoms with Crippen LogP contribution in [0.5, 0.6) is 0 Å². The summed E-state index contributed by atoms with van der Waals surface area (Å²) in [4.78, 5) is 22.1. The molecule has 12 heavy (non-hydrogen) atoms. The highest BCUT2D eigenvalue weighted by molar-refractivity contribution is 5.98. The standard InChI is InChI=1S/C7H11N3O2/c11-6-4-3-8-2-1-5(4)9-7(12)10-6/h4-5,8H,1-3H2,(H2,9,10,11,12)/t4-,5+/m1/s1. The molecule has 2 aliphatic rings. The average molecular weight is 169 g/mol. The van der Waals surface area contributed by atoms with Gasteiger partial charge >= 0.3 is 6.03 Å². The molecule has 0 spiro atoms. The maximum absolute atomic E-state index is 11.2. The molecule has 3 N–H and O–H groups in total. The molecule has 5 heteroatoms. The van der Waals surface area contributed by atoms with Gasteiger partial charge in [0.2, 0.25) is 5.91 Å². The number of hydrogen-bond acceptors (Lipinski definition) is 3. The van der Waals surface area contributed by atoms with Crippen LogP contribution in [0.3, 0.4) is 0 Å². The molecule has 0 aromatic carbocycles. The number of fused-ring (bicyclic) bond motifs is 1. The van der Waals surface area contributed by atoms with Gasteiger partial charge < -0.3 is 10.6 Å². The third-order valence-corrected chi connectivity index (χ3v) is 2.37. The Labute approximate surface area is 69.9 Å². The van der Waals surface area contributed by atoms with Crippen LogP contribution in [0.2, 0.25) is 0 Å². The fraction of sp³-hybridized carbons (Fsp3) is 0.714. The van der Waals surface area contributed by atoms with Gasteiger partial charge in [0.15, 0.2) is 0 Å². The molecular weight excluding hydrogens is 158 g/mol. The van der Waals surface area contributed by atoms with Gasteiger partial charge in [0.05, 0.1) is 5.92 Å². The molecule has 3 amide bonds. The van der Waals surface area contributed by atoms with E-state index in [2.05, 4.69) is 16.0 Å². The van der Waals surface area contributed by atoms with Crippen molar-refractivity contribution >= 4 is 11.9 Å². The Hall–Kier alpha value is -1.10. The molecule has 2 heterocycles. The number of amides is 3. The minimum Gasteiger partial charge on any atom is -0.334 e. The van der Waals surface area contributed by atoms with Gasteiger partial charge in [-0.1, -0.05) is 0 Å². The molecule has 0 radical (unpaired) electrons. The van der Waals surface area contributed by atoms with E-state index in [1.54, 1.807) is 0 Å². The van der Waals surface area contributed by atoms with E-state index in [1.165, 1.54) is 0 Å². The maximum atomic E-state index is 11.2. The Kier molecular flexibility index (Phi) is 1.73. The Balaban J connectivity index is 2.11. The van der Waals surface area contributed by atoms with E-state index in [0.717, 1.165) is 13.0 Å². The normalized spacial score (nSPS) is 35.0. The van der Waals surface area contributed by atoms with Gasteiger partial charge in [0.25, 0.3) is 0 Å². The SMILES string of the molecule is O=C1NC(=O)[C@@H]2CNCC[C@@H]2N1. The van der Waals surface area contributed by atoms with Crippen LogP contribution in [-0.2, 0) is 4.79 Å². The fourth-order valence-corrected chi connectivity index (χ4v) is 1.72. The van der Waals surface area contributed by atoms with Crippen molar-refractivity contribution in [2.75, 3.05) is 13.1 Å². The zero-order valence-electron chi connectivity index (χ0n) is 6.59. The molecule has 2 aliphatic heterocycles. The summed E-state index contributed by atoms with van der Waals surface area (Å²) in [5.41, 5.74) is 0. The first-order valence-corrected chi connectivity index (χ1v) is 4.09. The Bertz CT molecular complexity index is 229. The Morgan fingerprint density at radius 1 is 1.33 bits per heavy atom. The van der Waals surface area contributed by atoms with Gasteiger partial charge in [0.1, 0.15) is 0 Å². The van der Waals surface area contributed by atoms with Gasteiger partial charge in [-0.25, -0.2) is 4.79 Å². The molecule has 0 aromatic heterocycles. The highest BCUT2D eigenvalue weighted by atomic mass is 16.2. The molecule has 2 fully saturated rings. The summed E-state index contributed by atoms with van der Waals surface area (Å²) < 4.78 is 0. The van der Waals surface area contributed by atoms with E-state index < -0.39 is 0 Å². The van der Waals surface area contributed by atoms with E-state index in [0.29, 0.717) is 6.54 Å². The number of urea groups is 1. The second-order valence-corrected chi connectivity index (χ2v) is 3.17. The summed E-state index contributed by atoms with van der Waals surface area (Å²) in [5.74, 6) is -0.243. The first-order valence-electron chi connectivity index (χ1n) is 4.09. The quantitative estimate of drug-likeness (QED) is 0.427. The average Bonchev–Trinajstić information content (AvgIpc) is 2.04. The lowest BCUT2D eigenvalue weighted by Gasteiger charge is -2.35. The number of hydrogen-bond donors (Lipinski definition) is 3. The van der Waals surface area contributed by atoms with Crippen LogP contribution in [0.4, 0.5) is 4.79 Å². The molecule has 66 valence electrons. The van der Waals surface area contributed by atoms with Crippen LogP contribution in [0.15, 0.2) is 0 Å². The predicted molar refractivity (Wildman–Crippen MR) is 41.4 cm³/mol. The minimum atomic E-state index is -0.358. The van der Waals surface area contributed by atoms with Gasteiger partial charge in [-0.05, 0) is 13.0 Å². The van der Waals surface area contributed by atoms with Gasteiger partial charge in [-0.15, -0.1) is 0 Å². The van der Waals surface area contributed by atoms with Crippen LogP contribution < -0.4 is 16.0 Å². The molecule has 0 saturated carbocycles. The zero-order chi connectivity index (χ0) is 8.55. The lowest BCUT2D eigenvalue weighted by Crippen LogP contribution is -2.62.